The van der Waals surface area contributed by atoms with E-state index in [1.165, 1.54) is 0 Å². The van der Waals surface area contributed by atoms with Gasteiger partial charge >= 0.3 is 0 Å². The standard InChI is InChI=1S/C54H34N2S/c1-3-14-35(15-4-1)36-28-30-39(31-29-36)55-47-26-9-7-20-45(47)51-49(55)32-33-50-52(51)46-21-8-10-27-48(46)56(50)40-19-11-18-38(34-40)42-23-13-25-44-43-24-12-22-41(53(43)57-54(42)44)37-16-5-2-6-17-37/h1-34H/i7D,8D,9D,10D,20D,21D,26D,27D,32D,33D. The quantitative estimate of drug-likeness (QED) is 0.166. The van der Waals surface area contributed by atoms with E-state index in [1.54, 1.807) is 20.5 Å². The van der Waals surface area contributed by atoms with Gasteiger partial charge in [-0.3, -0.25) is 0 Å². The highest BCUT2D eigenvalue weighted by molar-refractivity contribution is 7.26. The molecule has 0 saturated carbocycles. The zero-order chi connectivity index (χ0) is 46.2. The second-order valence-corrected chi connectivity index (χ2v) is 15.1. The van der Waals surface area contributed by atoms with Crippen molar-refractivity contribution in [2.24, 2.45) is 0 Å². The Kier molecular flexibility index (Phi) is 5.26. The Labute approximate surface area is 347 Å². The minimum atomic E-state index is -0.492. The molecule has 266 valence electrons. The summed E-state index contributed by atoms with van der Waals surface area (Å²) in [5, 5.41) is 2.77. The van der Waals surface area contributed by atoms with Crippen molar-refractivity contribution in [3.63, 3.8) is 0 Å². The fourth-order valence-electron chi connectivity index (χ4n) is 8.49. The van der Waals surface area contributed by atoms with Crippen LogP contribution in [0.25, 0.3) is 109 Å². The predicted octanol–water partition coefficient (Wildman–Crippen LogP) is 15.2. The first kappa shape index (κ1) is 23.7. The molecular weight excluding hydrogens is 709 g/mol. The molecule has 0 saturated heterocycles. The summed E-state index contributed by atoms with van der Waals surface area (Å²) in [6.07, 6.45) is 0. The van der Waals surface area contributed by atoms with Crippen molar-refractivity contribution >= 4 is 75.1 Å². The Morgan fingerprint density at radius 1 is 0.351 bits per heavy atom. The van der Waals surface area contributed by atoms with Gasteiger partial charge in [0.2, 0.25) is 0 Å². The Bertz CT molecular complexity index is 4080. The van der Waals surface area contributed by atoms with Crippen LogP contribution in [-0.4, -0.2) is 9.13 Å². The second kappa shape index (κ2) is 12.7. The average Bonchev–Trinajstić information content (AvgIpc) is 4.05. The van der Waals surface area contributed by atoms with Crippen LogP contribution in [-0.2, 0) is 0 Å². The van der Waals surface area contributed by atoms with Crippen LogP contribution in [0, 0.1) is 0 Å². The first-order valence-electron chi connectivity index (χ1n) is 23.7. The summed E-state index contributed by atoms with van der Waals surface area (Å²) in [4.78, 5) is 0. The average molecular weight is 753 g/mol. The molecule has 0 spiro atoms. The van der Waals surface area contributed by atoms with Gasteiger partial charge in [0.15, 0.2) is 0 Å². The molecule has 0 amide bonds. The minimum Gasteiger partial charge on any atom is -0.309 e. The van der Waals surface area contributed by atoms with Crippen molar-refractivity contribution in [2.45, 2.75) is 0 Å². The van der Waals surface area contributed by atoms with Gasteiger partial charge in [0.25, 0.3) is 0 Å². The van der Waals surface area contributed by atoms with Gasteiger partial charge in [-0.1, -0.05) is 158 Å². The molecule has 12 aromatic rings. The van der Waals surface area contributed by atoms with Crippen LogP contribution in [0.2, 0.25) is 0 Å². The Morgan fingerprint density at radius 2 is 0.842 bits per heavy atom. The van der Waals surface area contributed by atoms with Crippen LogP contribution < -0.4 is 0 Å². The molecule has 0 aliphatic carbocycles. The molecule has 0 atom stereocenters. The molecule has 9 aromatic carbocycles. The summed E-state index contributed by atoms with van der Waals surface area (Å²) < 4.78 is 98.3. The Morgan fingerprint density at radius 3 is 1.46 bits per heavy atom. The van der Waals surface area contributed by atoms with Crippen LogP contribution in [0.1, 0.15) is 13.7 Å². The highest BCUT2D eigenvalue weighted by atomic mass is 32.1. The lowest BCUT2D eigenvalue weighted by molar-refractivity contribution is 1.17. The summed E-state index contributed by atoms with van der Waals surface area (Å²) in [6, 6.07) is 43.8. The normalized spacial score (nSPS) is 14.3. The molecule has 3 aromatic heterocycles. The maximum atomic E-state index is 9.89. The molecular formula is C54H34N2S. The second-order valence-electron chi connectivity index (χ2n) is 14.1. The molecule has 0 radical (unpaired) electrons. The van der Waals surface area contributed by atoms with Crippen LogP contribution in [0.4, 0.5) is 0 Å². The molecule has 3 heterocycles. The van der Waals surface area contributed by atoms with E-state index in [9.17, 15) is 8.22 Å². The first-order valence-corrected chi connectivity index (χ1v) is 19.5. The summed E-state index contributed by atoms with van der Waals surface area (Å²) >= 11 is 1.71. The van der Waals surface area contributed by atoms with Crippen molar-refractivity contribution in [3.8, 4) is 44.8 Å². The van der Waals surface area contributed by atoms with E-state index in [1.807, 2.05) is 103 Å². The van der Waals surface area contributed by atoms with Gasteiger partial charge < -0.3 is 9.13 Å². The summed E-state index contributed by atoms with van der Waals surface area (Å²) in [6.45, 7) is 0. The number of aromatic nitrogens is 2. The van der Waals surface area contributed by atoms with Gasteiger partial charge in [-0.2, -0.15) is 0 Å². The fraction of sp³-hybridized carbons (Fsp3) is 0. The van der Waals surface area contributed by atoms with Crippen molar-refractivity contribution in [3.05, 3.63) is 206 Å². The monoisotopic (exact) mass is 752 g/mol. The van der Waals surface area contributed by atoms with Gasteiger partial charge in [-0.05, 0) is 81.8 Å². The third-order valence-corrected chi connectivity index (χ3v) is 12.3. The Balaban J connectivity index is 1.19. The summed E-state index contributed by atoms with van der Waals surface area (Å²) in [7, 11) is 0. The van der Waals surface area contributed by atoms with Gasteiger partial charge in [0.1, 0.15) is 0 Å². The number of benzene rings is 9. The van der Waals surface area contributed by atoms with E-state index in [-0.39, 0.29) is 79.9 Å². The zero-order valence-electron chi connectivity index (χ0n) is 40.2. The summed E-state index contributed by atoms with van der Waals surface area (Å²) in [5.74, 6) is 0. The highest BCUT2D eigenvalue weighted by Crippen LogP contribution is 2.46. The largest absolute Gasteiger partial charge is 0.309 e. The van der Waals surface area contributed by atoms with Gasteiger partial charge in [0.05, 0.1) is 35.8 Å². The van der Waals surface area contributed by atoms with Crippen molar-refractivity contribution in [1.82, 2.24) is 9.13 Å². The third-order valence-electron chi connectivity index (χ3n) is 11.0. The zero-order valence-corrected chi connectivity index (χ0v) is 31.0. The van der Waals surface area contributed by atoms with Crippen LogP contribution in [0.15, 0.2) is 206 Å². The predicted molar refractivity (Wildman–Crippen MR) is 244 cm³/mol. The highest BCUT2D eigenvalue weighted by Gasteiger charge is 2.21. The smallest absolute Gasteiger partial charge is 0.0646 e. The number of hydrogen-bond acceptors (Lipinski definition) is 1. The van der Waals surface area contributed by atoms with Gasteiger partial charge in [0, 0.05) is 53.1 Å². The minimum absolute atomic E-state index is 0.0795. The third kappa shape index (κ3) is 4.89. The Hall–Kier alpha value is -7.20. The van der Waals surface area contributed by atoms with E-state index in [0.717, 1.165) is 53.6 Å². The maximum absolute atomic E-state index is 9.89. The topological polar surface area (TPSA) is 9.86 Å². The van der Waals surface area contributed by atoms with Crippen molar-refractivity contribution in [1.29, 1.82) is 0 Å². The van der Waals surface area contributed by atoms with Gasteiger partial charge in [-0.15, -0.1) is 11.3 Å². The van der Waals surface area contributed by atoms with E-state index in [4.69, 9.17) is 5.48 Å². The van der Waals surface area contributed by atoms with Crippen LogP contribution in [0.3, 0.4) is 0 Å². The molecule has 0 aliphatic heterocycles. The molecule has 0 bridgehead atoms. The number of fused-ring (bicyclic) bond motifs is 10. The number of rotatable bonds is 5. The van der Waals surface area contributed by atoms with E-state index < -0.39 is 24.2 Å². The lowest BCUT2D eigenvalue weighted by atomic mass is 10.00. The molecule has 57 heavy (non-hydrogen) atoms. The van der Waals surface area contributed by atoms with Crippen molar-refractivity contribution < 1.29 is 13.7 Å². The molecule has 0 N–H and O–H groups in total. The number of thiophene rings is 1. The van der Waals surface area contributed by atoms with E-state index >= 15 is 0 Å². The fourth-order valence-corrected chi connectivity index (χ4v) is 9.86. The molecule has 3 heteroatoms. The first-order chi connectivity index (χ1) is 32.5. The van der Waals surface area contributed by atoms with Crippen molar-refractivity contribution in [2.75, 3.05) is 0 Å². The molecule has 0 fully saturated rings. The number of para-hydroxylation sites is 2. The van der Waals surface area contributed by atoms with Crippen LogP contribution in [0.5, 0.6) is 0 Å². The van der Waals surface area contributed by atoms with E-state index in [0.29, 0.717) is 11.4 Å². The lowest BCUT2D eigenvalue weighted by Crippen LogP contribution is -1.95. The lowest BCUT2D eigenvalue weighted by Gasteiger charge is -2.12. The van der Waals surface area contributed by atoms with Crippen LogP contribution >= 0.6 is 11.3 Å². The number of nitrogens with zero attached hydrogens (tertiary/aromatic N) is 2. The molecule has 0 unspecified atom stereocenters. The van der Waals surface area contributed by atoms with Gasteiger partial charge in [-0.25, -0.2) is 0 Å². The molecule has 2 nitrogen and oxygen atoms in total. The summed E-state index contributed by atoms with van der Waals surface area (Å²) in [5.41, 5.74) is 7.30. The maximum Gasteiger partial charge on any atom is 0.0646 e. The molecule has 0 aliphatic rings. The van der Waals surface area contributed by atoms with E-state index in [2.05, 4.69) is 42.5 Å². The molecule has 12 rings (SSSR count). The SMILES string of the molecule is [2H]c1c([2H])c([2H])c2c(c1[2H])c1c3c4c([2H])c([2H])c([2H])c([2H])c4n(-c4cccc(-c5cccc6c5sc5c(-c7ccccc7)cccc56)c4)c3c([2H])c([2H])c1n2-c1ccc(-c2ccccc2)cc1. The number of hydrogen-bond donors (Lipinski definition) is 0.